The van der Waals surface area contributed by atoms with Crippen molar-refractivity contribution in [1.82, 2.24) is 34.6 Å². The summed E-state index contributed by atoms with van der Waals surface area (Å²) in [6.07, 6.45) is 0. The van der Waals surface area contributed by atoms with Crippen molar-refractivity contribution in [2.45, 2.75) is 34.8 Å². The van der Waals surface area contributed by atoms with Crippen LogP contribution < -0.4 is 10.6 Å². The standard InChI is InChI=1S/C25H28N8O4S4/c1-5-38-25-31-29-23(40-25)27-21(34)15-39-24-30-28-20(33(24)18-8-6-7-16(2)13-18)14-26-22(35)17-9-11-19(12-10-17)41(36,37)32(3)4/h6-13H,5,14-15H2,1-4H3,(H,26,35)(H,27,29,34). The lowest BCUT2D eigenvalue weighted by molar-refractivity contribution is -0.113. The maximum absolute atomic E-state index is 12.9. The third kappa shape index (κ3) is 7.71. The van der Waals surface area contributed by atoms with Crippen LogP contribution in [0.3, 0.4) is 0 Å². The summed E-state index contributed by atoms with van der Waals surface area (Å²) in [5, 5.41) is 23.1. The van der Waals surface area contributed by atoms with Crippen LogP contribution in [0.5, 0.6) is 0 Å². The Kier molecular flexibility index (Phi) is 10.1. The number of aromatic nitrogens is 5. The second-order valence-corrected chi connectivity index (χ2v) is 14.3. The average Bonchev–Trinajstić information content (AvgIpc) is 3.57. The molecule has 0 aliphatic rings. The molecular formula is C25H28N8O4S4. The van der Waals surface area contributed by atoms with Crippen LogP contribution in [0.2, 0.25) is 0 Å². The van der Waals surface area contributed by atoms with E-state index in [0.717, 1.165) is 25.6 Å². The van der Waals surface area contributed by atoms with Crippen LogP contribution >= 0.6 is 34.9 Å². The Morgan fingerprint density at radius 1 is 1.02 bits per heavy atom. The van der Waals surface area contributed by atoms with Gasteiger partial charge in [-0.15, -0.1) is 20.4 Å². The zero-order valence-corrected chi connectivity index (χ0v) is 26.0. The van der Waals surface area contributed by atoms with E-state index >= 15 is 0 Å². The summed E-state index contributed by atoms with van der Waals surface area (Å²) in [4.78, 5) is 25.5. The van der Waals surface area contributed by atoms with E-state index in [-0.39, 0.29) is 23.1 Å². The zero-order valence-electron chi connectivity index (χ0n) is 22.7. The highest BCUT2D eigenvalue weighted by atomic mass is 32.2. The van der Waals surface area contributed by atoms with E-state index in [0.29, 0.717) is 21.7 Å². The van der Waals surface area contributed by atoms with E-state index in [2.05, 4.69) is 31.0 Å². The van der Waals surface area contributed by atoms with Crippen molar-refractivity contribution in [3.05, 3.63) is 65.5 Å². The second-order valence-electron chi connectivity index (χ2n) is 8.71. The Morgan fingerprint density at radius 2 is 1.78 bits per heavy atom. The molecule has 0 aliphatic heterocycles. The van der Waals surface area contributed by atoms with Crippen molar-refractivity contribution in [2.24, 2.45) is 0 Å². The van der Waals surface area contributed by atoms with Crippen molar-refractivity contribution in [3.63, 3.8) is 0 Å². The minimum absolute atomic E-state index is 0.0485. The number of amides is 2. The van der Waals surface area contributed by atoms with Gasteiger partial charge in [-0.2, -0.15) is 0 Å². The number of aryl methyl sites for hydroxylation is 1. The molecule has 0 radical (unpaired) electrons. The molecule has 0 unspecified atom stereocenters. The van der Waals surface area contributed by atoms with E-state index in [9.17, 15) is 18.0 Å². The topological polar surface area (TPSA) is 152 Å². The van der Waals surface area contributed by atoms with Crippen LogP contribution in [-0.2, 0) is 21.4 Å². The third-order valence-corrected chi connectivity index (χ3v) is 10.1. The maximum atomic E-state index is 12.9. The Hall–Kier alpha value is -3.31. The number of anilines is 1. The highest BCUT2D eigenvalue weighted by Gasteiger charge is 2.20. The summed E-state index contributed by atoms with van der Waals surface area (Å²) in [5.74, 6) is 0.734. The SMILES string of the molecule is CCSc1nnc(NC(=O)CSc2nnc(CNC(=O)c3ccc(S(=O)(=O)N(C)C)cc3)n2-c2cccc(C)c2)s1. The summed E-state index contributed by atoms with van der Waals surface area (Å²) in [5.41, 5.74) is 2.10. The van der Waals surface area contributed by atoms with Gasteiger partial charge in [0.25, 0.3) is 5.91 Å². The summed E-state index contributed by atoms with van der Waals surface area (Å²) >= 11 is 4.08. The molecule has 0 spiro atoms. The number of carbonyl (C=O) groups excluding carboxylic acids is 2. The number of rotatable bonds is 12. The molecule has 4 aromatic rings. The first-order valence-electron chi connectivity index (χ1n) is 12.3. The quantitative estimate of drug-likeness (QED) is 0.175. The molecule has 0 fully saturated rings. The summed E-state index contributed by atoms with van der Waals surface area (Å²) in [6.45, 7) is 4.03. The molecule has 0 atom stereocenters. The van der Waals surface area contributed by atoms with Gasteiger partial charge in [-0.3, -0.25) is 19.5 Å². The maximum Gasteiger partial charge on any atom is 0.251 e. The molecule has 0 saturated carbocycles. The van der Waals surface area contributed by atoms with Gasteiger partial charge in [0.05, 0.1) is 17.2 Å². The Bertz CT molecular complexity index is 1640. The van der Waals surface area contributed by atoms with E-state index in [1.165, 1.54) is 61.5 Å². The minimum Gasteiger partial charge on any atom is -0.345 e. The van der Waals surface area contributed by atoms with E-state index in [4.69, 9.17) is 0 Å². The van der Waals surface area contributed by atoms with Crippen LogP contribution in [0, 0.1) is 6.92 Å². The lowest BCUT2D eigenvalue weighted by Crippen LogP contribution is -2.25. The van der Waals surface area contributed by atoms with Crippen LogP contribution in [0.25, 0.3) is 5.69 Å². The molecule has 0 bridgehead atoms. The van der Waals surface area contributed by atoms with Crippen molar-refractivity contribution in [3.8, 4) is 5.69 Å². The molecule has 16 heteroatoms. The smallest absolute Gasteiger partial charge is 0.251 e. The van der Waals surface area contributed by atoms with Gasteiger partial charge >= 0.3 is 0 Å². The number of nitrogens with one attached hydrogen (secondary N) is 2. The van der Waals surface area contributed by atoms with Crippen LogP contribution in [-0.4, -0.2) is 75.1 Å². The van der Waals surface area contributed by atoms with Crippen molar-refractivity contribution < 1.29 is 18.0 Å². The first-order chi connectivity index (χ1) is 19.6. The predicted octanol–water partition coefficient (Wildman–Crippen LogP) is 3.45. The van der Waals surface area contributed by atoms with Crippen molar-refractivity contribution in [1.29, 1.82) is 0 Å². The molecule has 2 aromatic carbocycles. The summed E-state index contributed by atoms with van der Waals surface area (Å²) < 4.78 is 28.3. The number of benzene rings is 2. The minimum atomic E-state index is -3.60. The van der Waals surface area contributed by atoms with E-state index < -0.39 is 15.9 Å². The monoisotopic (exact) mass is 632 g/mol. The fraction of sp³-hybridized carbons (Fsp3) is 0.280. The highest BCUT2D eigenvalue weighted by molar-refractivity contribution is 8.01. The molecule has 2 aromatic heterocycles. The van der Waals surface area contributed by atoms with Crippen LogP contribution in [0.4, 0.5) is 5.13 Å². The van der Waals surface area contributed by atoms with Gasteiger partial charge in [-0.05, 0) is 54.6 Å². The molecule has 2 N–H and O–H groups in total. The first-order valence-corrected chi connectivity index (χ1v) is 16.5. The van der Waals surface area contributed by atoms with Gasteiger partial charge in [0, 0.05) is 25.3 Å². The molecule has 0 saturated heterocycles. The van der Waals surface area contributed by atoms with Gasteiger partial charge in [-0.1, -0.05) is 53.9 Å². The molecule has 41 heavy (non-hydrogen) atoms. The van der Waals surface area contributed by atoms with Gasteiger partial charge in [0.1, 0.15) is 0 Å². The normalized spacial score (nSPS) is 11.5. The molecule has 12 nitrogen and oxygen atoms in total. The first kappa shape index (κ1) is 30.6. The molecule has 2 amide bonds. The van der Waals surface area contributed by atoms with Crippen molar-refractivity contribution >= 4 is 61.8 Å². The van der Waals surface area contributed by atoms with Gasteiger partial charge in [-0.25, -0.2) is 12.7 Å². The summed E-state index contributed by atoms with van der Waals surface area (Å²) in [6, 6.07) is 13.4. The van der Waals surface area contributed by atoms with Gasteiger partial charge in [0.2, 0.25) is 21.1 Å². The number of carbonyl (C=O) groups is 2. The number of nitrogens with zero attached hydrogens (tertiary/aromatic N) is 6. The number of sulfonamides is 1. The van der Waals surface area contributed by atoms with E-state index in [1.54, 1.807) is 16.3 Å². The molecule has 216 valence electrons. The van der Waals surface area contributed by atoms with E-state index in [1.807, 2.05) is 38.1 Å². The van der Waals surface area contributed by atoms with Gasteiger partial charge < -0.3 is 5.32 Å². The third-order valence-electron chi connectivity index (χ3n) is 5.52. The van der Waals surface area contributed by atoms with Crippen LogP contribution in [0.15, 0.2) is 62.9 Å². The summed E-state index contributed by atoms with van der Waals surface area (Å²) in [7, 11) is -0.711. The number of hydrogen-bond donors (Lipinski definition) is 2. The van der Waals surface area contributed by atoms with Gasteiger partial charge in [0.15, 0.2) is 15.3 Å². The average molecular weight is 633 g/mol. The molecular weight excluding hydrogens is 605 g/mol. The van der Waals surface area contributed by atoms with Crippen LogP contribution in [0.1, 0.15) is 28.7 Å². The Labute approximate surface area is 250 Å². The lowest BCUT2D eigenvalue weighted by Gasteiger charge is -2.12. The lowest BCUT2D eigenvalue weighted by atomic mass is 10.2. The number of thioether (sulfide) groups is 2. The fourth-order valence-electron chi connectivity index (χ4n) is 3.51. The highest BCUT2D eigenvalue weighted by Crippen LogP contribution is 2.26. The fourth-order valence-corrected chi connectivity index (χ4v) is 6.85. The Balaban J connectivity index is 1.47. The predicted molar refractivity (Wildman–Crippen MR) is 160 cm³/mol. The second kappa shape index (κ2) is 13.6. The molecule has 2 heterocycles. The van der Waals surface area contributed by atoms with Crippen molar-refractivity contribution in [2.75, 3.05) is 30.9 Å². The Morgan fingerprint density at radius 3 is 2.46 bits per heavy atom. The largest absolute Gasteiger partial charge is 0.345 e. The molecule has 0 aliphatic carbocycles. The number of hydrogen-bond acceptors (Lipinski definition) is 11. The molecule has 4 rings (SSSR count). The zero-order chi connectivity index (χ0) is 29.6.